The van der Waals surface area contributed by atoms with Gasteiger partial charge in [0.15, 0.2) is 0 Å². The Kier molecular flexibility index (Phi) is 5.66. The van der Waals surface area contributed by atoms with Gasteiger partial charge in [0.25, 0.3) is 0 Å². The third-order valence-electron chi connectivity index (χ3n) is 5.89. The van der Waals surface area contributed by atoms with Crippen LogP contribution in [0.4, 0.5) is 0 Å². The highest BCUT2D eigenvalue weighted by Crippen LogP contribution is 2.54. The highest BCUT2D eigenvalue weighted by molar-refractivity contribution is 5.53. The molecule has 1 heterocycles. The fraction of sp³-hybridized carbons (Fsp3) is 0.583. The summed E-state index contributed by atoms with van der Waals surface area (Å²) in [5.74, 6) is 8.50. The molecule has 0 aromatic heterocycles. The van der Waals surface area contributed by atoms with Gasteiger partial charge in [-0.2, -0.15) is 0 Å². The standard InChI is InChI=1S/C24H32O2/c1-5-6-7-8-9-10-11-18-15-21(25)23-19-14-17(2)12-13-20(19)24(3,4)26-22(23)16-18/h12,15-16,19-20,25H,5-8,11,13-14H2,1-4H3/t19-,20-/m1/s1. The van der Waals surface area contributed by atoms with Crippen LogP contribution in [0.5, 0.6) is 11.5 Å². The number of rotatable bonds is 4. The van der Waals surface area contributed by atoms with E-state index in [0.29, 0.717) is 24.0 Å². The van der Waals surface area contributed by atoms with Crippen molar-refractivity contribution in [2.75, 3.05) is 0 Å². The number of fused-ring (bicyclic) bond motifs is 3. The number of phenols is 1. The maximum Gasteiger partial charge on any atom is 0.127 e. The molecule has 1 aromatic rings. The highest BCUT2D eigenvalue weighted by atomic mass is 16.5. The smallest absolute Gasteiger partial charge is 0.127 e. The number of aromatic hydroxyl groups is 1. The molecule has 2 nitrogen and oxygen atoms in total. The Morgan fingerprint density at radius 3 is 2.81 bits per heavy atom. The van der Waals surface area contributed by atoms with E-state index in [-0.39, 0.29) is 5.60 Å². The van der Waals surface area contributed by atoms with Gasteiger partial charge < -0.3 is 9.84 Å². The van der Waals surface area contributed by atoms with E-state index >= 15 is 0 Å². The van der Waals surface area contributed by atoms with E-state index in [1.165, 1.54) is 24.8 Å². The molecule has 0 fully saturated rings. The van der Waals surface area contributed by atoms with E-state index in [2.05, 4.69) is 51.7 Å². The number of phenolic OH excluding ortho intramolecular Hbond substituents is 1. The SMILES string of the molecule is CCCCCC#CCc1cc(O)c2c(c1)OC(C)(C)[C@@H]1CC=C(C)C[C@@H]21. The monoisotopic (exact) mass is 352 g/mol. The van der Waals surface area contributed by atoms with Crippen LogP contribution in [0.2, 0.25) is 0 Å². The number of benzene rings is 1. The van der Waals surface area contributed by atoms with E-state index in [0.717, 1.165) is 36.1 Å². The van der Waals surface area contributed by atoms with Crippen molar-refractivity contribution in [3.05, 3.63) is 34.9 Å². The summed E-state index contributed by atoms with van der Waals surface area (Å²) in [6, 6.07) is 3.99. The molecule has 0 unspecified atom stereocenters. The Hall–Kier alpha value is -1.88. The first-order chi connectivity index (χ1) is 12.4. The van der Waals surface area contributed by atoms with E-state index in [9.17, 15) is 5.11 Å². The number of hydrogen-bond donors (Lipinski definition) is 1. The lowest BCUT2D eigenvalue weighted by atomic mass is 9.67. The van der Waals surface area contributed by atoms with Crippen molar-refractivity contribution in [3.63, 3.8) is 0 Å². The van der Waals surface area contributed by atoms with Crippen LogP contribution in [0.1, 0.15) is 83.3 Å². The molecule has 0 amide bonds. The van der Waals surface area contributed by atoms with Gasteiger partial charge in [-0.05, 0) is 57.7 Å². The average Bonchev–Trinajstić information content (AvgIpc) is 2.56. The largest absolute Gasteiger partial charge is 0.508 e. The van der Waals surface area contributed by atoms with Crippen molar-refractivity contribution in [1.82, 2.24) is 0 Å². The summed E-state index contributed by atoms with van der Waals surface area (Å²) >= 11 is 0. The predicted octanol–water partition coefficient (Wildman–Crippen LogP) is 6.13. The van der Waals surface area contributed by atoms with Crippen molar-refractivity contribution in [3.8, 4) is 23.3 Å². The summed E-state index contributed by atoms with van der Waals surface area (Å²) in [6.45, 7) is 8.76. The molecule has 1 aliphatic carbocycles. The molecule has 0 saturated carbocycles. The van der Waals surface area contributed by atoms with Crippen molar-refractivity contribution < 1.29 is 9.84 Å². The molecule has 2 atom stereocenters. The van der Waals surface area contributed by atoms with Crippen molar-refractivity contribution >= 4 is 0 Å². The normalized spacial score (nSPS) is 23.0. The van der Waals surface area contributed by atoms with Crippen LogP contribution < -0.4 is 4.74 Å². The van der Waals surface area contributed by atoms with E-state index in [1.807, 2.05) is 6.07 Å². The molecule has 1 aliphatic heterocycles. The van der Waals surface area contributed by atoms with E-state index < -0.39 is 0 Å². The molecule has 3 rings (SSSR count). The fourth-order valence-electron chi connectivity index (χ4n) is 4.44. The first-order valence-corrected chi connectivity index (χ1v) is 10.1. The fourth-order valence-corrected chi connectivity index (χ4v) is 4.44. The minimum Gasteiger partial charge on any atom is -0.508 e. The Morgan fingerprint density at radius 2 is 2.04 bits per heavy atom. The summed E-state index contributed by atoms with van der Waals surface area (Å²) in [5.41, 5.74) is 3.24. The number of unbranched alkanes of at least 4 members (excludes halogenated alkanes) is 3. The minimum atomic E-state index is -0.217. The molecule has 1 aromatic carbocycles. The Balaban J connectivity index is 1.83. The molecule has 0 bridgehead atoms. The third kappa shape index (κ3) is 3.93. The van der Waals surface area contributed by atoms with E-state index in [1.54, 1.807) is 0 Å². The van der Waals surface area contributed by atoms with Crippen LogP contribution in [0.3, 0.4) is 0 Å². The van der Waals surface area contributed by atoms with Crippen LogP contribution in [-0.2, 0) is 6.42 Å². The summed E-state index contributed by atoms with van der Waals surface area (Å²) < 4.78 is 6.37. The Bertz CT molecular complexity index is 745. The molecular weight excluding hydrogens is 320 g/mol. The van der Waals surface area contributed by atoms with Gasteiger partial charge in [-0.3, -0.25) is 0 Å². The quantitative estimate of drug-likeness (QED) is 0.401. The van der Waals surface area contributed by atoms with Crippen molar-refractivity contribution in [2.45, 2.75) is 84.2 Å². The minimum absolute atomic E-state index is 0.217. The average molecular weight is 353 g/mol. The molecule has 140 valence electrons. The Labute approximate surface area is 158 Å². The molecule has 2 aliphatic rings. The third-order valence-corrected chi connectivity index (χ3v) is 5.89. The maximum absolute atomic E-state index is 10.8. The van der Waals surface area contributed by atoms with Gasteiger partial charge in [0.05, 0.1) is 0 Å². The lowest BCUT2D eigenvalue weighted by Crippen LogP contribution is -2.45. The lowest BCUT2D eigenvalue weighted by molar-refractivity contribution is 0.00754. The van der Waals surface area contributed by atoms with Gasteiger partial charge >= 0.3 is 0 Å². The zero-order valence-electron chi connectivity index (χ0n) is 16.7. The van der Waals surface area contributed by atoms with Crippen LogP contribution in [0.25, 0.3) is 0 Å². The summed E-state index contributed by atoms with van der Waals surface area (Å²) in [7, 11) is 0. The second-order valence-electron chi connectivity index (χ2n) is 8.42. The zero-order chi connectivity index (χ0) is 18.7. The molecule has 0 spiro atoms. The number of allylic oxidation sites excluding steroid dienone is 2. The lowest BCUT2D eigenvalue weighted by Gasteiger charge is -2.47. The second kappa shape index (κ2) is 7.78. The topological polar surface area (TPSA) is 29.5 Å². The molecule has 2 heteroatoms. The van der Waals surface area contributed by atoms with Gasteiger partial charge in [-0.1, -0.05) is 37.3 Å². The highest BCUT2D eigenvalue weighted by Gasteiger charge is 2.45. The summed E-state index contributed by atoms with van der Waals surface area (Å²) in [4.78, 5) is 0. The van der Waals surface area contributed by atoms with Gasteiger partial charge in [0, 0.05) is 30.2 Å². The van der Waals surface area contributed by atoms with Gasteiger partial charge in [-0.15, -0.1) is 5.92 Å². The Morgan fingerprint density at radius 1 is 1.23 bits per heavy atom. The first kappa shape index (κ1) is 18.9. The number of ether oxygens (including phenoxy) is 1. The van der Waals surface area contributed by atoms with Crippen LogP contribution >= 0.6 is 0 Å². The predicted molar refractivity (Wildman–Crippen MR) is 108 cm³/mol. The molecule has 26 heavy (non-hydrogen) atoms. The van der Waals surface area contributed by atoms with E-state index in [4.69, 9.17) is 4.74 Å². The van der Waals surface area contributed by atoms with Crippen LogP contribution in [-0.4, -0.2) is 10.7 Å². The van der Waals surface area contributed by atoms with Gasteiger partial charge in [0.2, 0.25) is 0 Å². The van der Waals surface area contributed by atoms with Crippen LogP contribution in [0.15, 0.2) is 23.8 Å². The number of hydrogen-bond acceptors (Lipinski definition) is 2. The van der Waals surface area contributed by atoms with Crippen molar-refractivity contribution in [1.29, 1.82) is 0 Å². The van der Waals surface area contributed by atoms with Crippen molar-refractivity contribution in [2.24, 2.45) is 5.92 Å². The van der Waals surface area contributed by atoms with Crippen LogP contribution in [0, 0.1) is 17.8 Å². The molecule has 0 saturated heterocycles. The zero-order valence-corrected chi connectivity index (χ0v) is 16.7. The van der Waals surface area contributed by atoms with Gasteiger partial charge in [0.1, 0.15) is 17.1 Å². The van der Waals surface area contributed by atoms with Gasteiger partial charge in [-0.25, -0.2) is 0 Å². The summed E-state index contributed by atoms with van der Waals surface area (Å²) in [6.07, 6.45) is 9.64. The summed E-state index contributed by atoms with van der Waals surface area (Å²) in [5, 5.41) is 10.8. The maximum atomic E-state index is 10.8. The second-order valence-corrected chi connectivity index (χ2v) is 8.42. The first-order valence-electron chi connectivity index (χ1n) is 10.1. The molecule has 0 radical (unpaired) electrons. The molecule has 1 N–H and O–H groups in total. The molecular formula is C24H32O2.